The van der Waals surface area contributed by atoms with Crippen molar-refractivity contribution in [1.82, 2.24) is 0 Å². The summed E-state index contributed by atoms with van der Waals surface area (Å²) in [7, 11) is 0. The van der Waals surface area contributed by atoms with Crippen LogP contribution >= 0.6 is 0 Å². The highest BCUT2D eigenvalue weighted by atomic mass is 16.5. The van der Waals surface area contributed by atoms with E-state index in [9.17, 15) is 14.4 Å². The van der Waals surface area contributed by atoms with Crippen molar-refractivity contribution in [2.75, 3.05) is 11.9 Å². The lowest BCUT2D eigenvalue weighted by Gasteiger charge is -2.14. The zero-order valence-electron chi connectivity index (χ0n) is 16.4. The monoisotopic (exact) mass is 383 g/mol. The van der Waals surface area contributed by atoms with Crippen molar-refractivity contribution >= 4 is 23.3 Å². The molecule has 0 aliphatic rings. The molecule has 1 N–H and O–H groups in total. The summed E-state index contributed by atoms with van der Waals surface area (Å²) in [6.45, 7) is 5.68. The maximum absolute atomic E-state index is 12.2. The Kier molecular flexibility index (Phi) is 7.75. The molecule has 0 fully saturated rings. The molecule has 2 aromatic carbocycles. The summed E-state index contributed by atoms with van der Waals surface area (Å²) in [5.74, 6) is -0.412. The number of nitrogens with one attached hydrogen (secondary N) is 1. The largest absolute Gasteiger partial charge is 0.494 e. The average molecular weight is 383 g/mol. The van der Waals surface area contributed by atoms with E-state index >= 15 is 0 Å². The number of carbonyl (C=O) groups excluding carboxylic acids is 3. The smallest absolute Gasteiger partial charge is 0.338 e. The number of esters is 1. The van der Waals surface area contributed by atoms with Gasteiger partial charge in [0.1, 0.15) is 5.75 Å². The molecule has 0 saturated heterocycles. The van der Waals surface area contributed by atoms with E-state index in [-0.39, 0.29) is 5.78 Å². The van der Waals surface area contributed by atoms with E-state index < -0.39 is 18.0 Å². The third-order valence-electron chi connectivity index (χ3n) is 4.07. The van der Waals surface area contributed by atoms with Crippen LogP contribution in [0.3, 0.4) is 0 Å². The standard InChI is InChI=1S/C22H25NO5/c1-4-5-14-27-20-12-8-18(9-13-20)22(26)28-16(3)21(25)23-19-10-6-17(7-11-19)15(2)24/h6-13,16H,4-5,14H2,1-3H3,(H,23,25)/t16-/m0/s1. The number of hydrogen-bond donors (Lipinski definition) is 1. The molecule has 1 amide bonds. The van der Waals surface area contributed by atoms with Crippen LogP contribution in [-0.2, 0) is 9.53 Å². The first-order valence-corrected chi connectivity index (χ1v) is 9.26. The maximum Gasteiger partial charge on any atom is 0.338 e. The fourth-order valence-corrected chi connectivity index (χ4v) is 2.34. The molecule has 0 bridgehead atoms. The van der Waals surface area contributed by atoms with Gasteiger partial charge in [-0.15, -0.1) is 0 Å². The van der Waals surface area contributed by atoms with Gasteiger partial charge in [-0.1, -0.05) is 13.3 Å². The van der Waals surface area contributed by atoms with Crippen LogP contribution in [0.25, 0.3) is 0 Å². The lowest BCUT2D eigenvalue weighted by Crippen LogP contribution is -2.30. The van der Waals surface area contributed by atoms with Gasteiger partial charge in [-0.05, 0) is 68.8 Å². The Balaban J connectivity index is 1.88. The fourth-order valence-electron chi connectivity index (χ4n) is 2.34. The zero-order valence-corrected chi connectivity index (χ0v) is 16.4. The highest BCUT2D eigenvalue weighted by Gasteiger charge is 2.19. The van der Waals surface area contributed by atoms with Crippen molar-refractivity contribution in [3.05, 3.63) is 59.7 Å². The second-order valence-electron chi connectivity index (χ2n) is 6.40. The fraction of sp³-hybridized carbons (Fsp3) is 0.318. The summed E-state index contributed by atoms with van der Waals surface area (Å²) in [6, 6.07) is 13.1. The molecule has 2 aromatic rings. The Morgan fingerprint density at radius 1 is 0.964 bits per heavy atom. The van der Waals surface area contributed by atoms with Crippen molar-refractivity contribution in [2.45, 2.75) is 39.7 Å². The number of ketones is 1. The van der Waals surface area contributed by atoms with Crippen LogP contribution in [0, 0.1) is 0 Å². The molecule has 28 heavy (non-hydrogen) atoms. The summed E-state index contributed by atoms with van der Waals surface area (Å²) < 4.78 is 10.8. The molecule has 148 valence electrons. The van der Waals surface area contributed by atoms with Crippen molar-refractivity contribution in [1.29, 1.82) is 0 Å². The first-order valence-electron chi connectivity index (χ1n) is 9.26. The van der Waals surface area contributed by atoms with Gasteiger partial charge in [0.2, 0.25) is 0 Å². The minimum Gasteiger partial charge on any atom is -0.494 e. The number of Topliss-reactive ketones (excluding diaryl/α,β-unsaturated/α-hetero) is 1. The van der Waals surface area contributed by atoms with E-state index in [1.54, 1.807) is 48.5 Å². The quantitative estimate of drug-likeness (QED) is 0.398. The van der Waals surface area contributed by atoms with Crippen LogP contribution < -0.4 is 10.1 Å². The predicted molar refractivity (Wildman–Crippen MR) is 107 cm³/mol. The van der Waals surface area contributed by atoms with Crippen molar-refractivity contribution in [3.8, 4) is 5.75 Å². The molecular weight excluding hydrogens is 358 g/mol. The molecule has 2 rings (SSSR count). The van der Waals surface area contributed by atoms with Gasteiger partial charge in [0, 0.05) is 11.3 Å². The summed E-state index contributed by atoms with van der Waals surface area (Å²) in [5.41, 5.74) is 1.42. The molecule has 0 unspecified atom stereocenters. The molecule has 0 aliphatic heterocycles. The number of amides is 1. The Morgan fingerprint density at radius 2 is 1.57 bits per heavy atom. The first kappa shape index (κ1) is 21.2. The second-order valence-corrected chi connectivity index (χ2v) is 6.40. The van der Waals surface area contributed by atoms with Crippen molar-refractivity contribution in [2.24, 2.45) is 0 Å². The average Bonchev–Trinajstić information content (AvgIpc) is 2.69. The maximum atomic E-state index is 12.2. The van der Waals surface area contributed by atoms with Crippen LogP contribution in [0.1, 0.15) is 54.3 Å². The van der Waals surface area contributed by atoms with Gasteiger partial charge in [-0.2, -0.15) is 0 Å². The lowest BCUT2D eigenvalue weighted by atomic mass is 10.1. The third kappa shape index (κ3) is 6.23. The SMILES string of the molecule is CCCCOc1ccc(C(=O)O[C@@H](C)C(=O)Nc2ccc(C(C)=O)cc2)cc1. The number of anilines is 1. The predicted octanol–water partition coefficient (Wildman–Crippen LogP) is 4.25. The number of carbonyl (C=O) groups is 3. The van der Waals surface area contributed by atoms with Crippen LogP contribution in [0.5, 0.6) is 5.75 Å². The minimum absolute atomic E-state index is 0.0537. The van der Waals surface area contributed by atoms with E-state index in [0.29, 0.717) is 29.2 Å². The van der Waals surface area contributed by atoms with Gasteiger partial charge in [0.25, 0.3) is 5.91 Å². The number of rotatable bonds is 9. The van der Waals surface area contributed by atoms with Crippen LogP contribution in [-0.4, -0.2) is 30.4 Å². The number of ether oxygens (including phenoxy) is 2. The summed E-state index contributed by atoms with van der Waals surface area (Å²) in [5, 5.41) is 2.65. The van der Waals surface area contributed by atoms with Crippen molar-refractivity contribution < 1.29 is 23.9 Å². The first-order chi connectivity index (χ1) is 13.4. The van der Waals surface area contributed by atoms with Gasteiger partial charge in [0.15, 0.2) is 11.9 Å². The third-order valence-corrected chi connectivity index (χ3v) is 4.07. The van der Waals surface area contributed by atoms with E-state index in [1.165, 1.54) is 13.8 Å². The van der Waals surface area contributed by atoms with Crippen LogP contribution in [0.15, 0.2) is 48.5 Å². The van der Waals surface area contributed by atoms with Gasteiger partial charge in [-0.3, -0.25) is 9.59 Å². The van der Waals surface area contributed by atoms with E-state index in [1.807, 2.05) is 0 Å². The number of unbranched alkanes of at least 4 members (excludes halogenated alkanes) is 1. The molecule has 0 aliphatic carbocycles. The van der Waals surface area contributed by atoms with Gasteiger partial charge < -0.3 is 14.8 Å². The molecule has 0 saturated carbocycles. The number of hydrogen-bond acceptors (Lipinski definition) is 5. The molecule has 0 heterocycles. The van der Waals surface area contributed by atoms with Gasteiger partial charge in [-0.25, -0.2) is 4.79 Å². The zero-order chi connectivity index (χ0) is 20.5. The molecule has 0 aromatic heterocycles. The topological polar surface area (TPSA) is 81.7 Å². The van der Waals surface area contributed by atoms with Crippen LogP contribution in [0.4, 0.5) is 5.69 Å². The highest BCUT2D eigenvalue weighted by molar-refractivity contribution is 5.98. The summed E-state index contributed by atoms with van der Waals surface area (Å²) in [4.78, 5) is 35.7. The summed E-state index contributed by atoms with van der Waals surface area (Å²) in [6.07, 6.45) is 1.04. The van der Waals surface area contributed by atoms with Crippen LogP contribution in [0.2, 0.25) is 0 Å². The molecule has 6 heteroatoms. The second kappa shape index (κ2) is 10.3. The molecule has 6 nitrogen and oxygen atoms in total. The van der Waals surface area contributed by atoms with E-state index in [2.05, 4.69) is 12.2 Å². The highest BCUT2D eigenvalue weighted by Crippen LogP contribution is 2.15. The Hall–Kier alpha value is -3.15. The Morgan fingerprint density at radius 3 is 2.14 bits per heavy atom. The molecule has 0 radical (unpaired) electrons. The van der Waals surface area contributed by atoms with Crippen molar-refractivity contribution in [3.63, 3.8) is 0 Å². The Bertz CT molecular complexity index is 812. The van der Waals surface area contributed by atoms with E-state index in [0.717, 1.165) is 12.8 Å². The lowest BCUT2D eigenvalue weighted by molar-refractivity contribution is -0.123. The molecular formula is C22H25NO5. The van der Waals surface area contributed by atoms with Gasteiger partial charge >= 0.3 is 5.97 Å². The molecule has 0 spiro atoms. The minimum atomic E-state index is -0.972. The van der Waals surface area contributed by atoms with Gasteiger partial charge in [0.05, 0.1) is 12.2 Å². The Labute approximate surface area is 164 Å². The van der Waals surface area contributed by atoms with E-state index in [4.69, 9.17) is 9.47 Å². The molecule has 1 atom stereocenters. The normalized spacial score (nSPS) is 11.4. The number of benzene rings is 2. The summed E-state index contributed by atoms with van der Waals surface area (Å²) >= 11 is 0.